The van der Waals surface area contributed by atoms with Crippen LogP contribution in [0.2, 0.25) is 0 Å². The Morgan fingerprint density at radius 3 is 2.96 bits per heavy atom. The summed E-state index contributed by atoms with van der Waals surface area (Å²) in [5, 5.41) is 0.735. The average molecular weight is 329 g/mol. The molecule has 0 fully saturated rings. The fourth-order valence-electron chi connectivity index (χ4n) is 2.80. The maximum atomic E-state index is 12.3. The van der Waals surface area contributed by atoms with Gasteiger partial charge in [0.05, 0.1) is 19.3 Å². The van der Waals surface area contributed by atoms with Crippen LogP contribution in [0.4, 0.5) is 5.00 Å². The highest BCUT2D eigenvalue weighted by Crippen LogP contribution is 2.41. The smallest absolute Gasteiger partial charge is 0.341 e. The van der Waals surface area contributed by atoms with Crippen molar-refractivity contribution in [1.29, 1.82) is 0 Å². The number of fused-ring (bicyclic) bond motifs is 1. The Hall–Kier alpha value is -2.14. The number of hydrogen-bond donors (Lipinski definition) is 0. The zero-order valence-corrected chi connectivity index (χ0v) is 14.1. The Labute approximate surface area is 139 Å². The number of benzene rings is 1. The van der Waals surface area contributed by atoms with E-state index in [9.17, 15) is 4.79 Å². The molecule has 0 saturated heterocycles. The summed E-state index contributed by atoms with van der Waals surface area (Å²) in [5.74, 6) is 0.497. The maximum Gasteiger partial charge on any atom is 0.341 e. The topological polar surface area (TPSA) is 47.9 Å². The van der Waals surface area contributed by atoms with E-state index < -0.39 is 0 Å². The SMILES string of the molecule is CCOC(=O)c1c(N=Cc2ccccc2OC)sc2c1CCC2. The number of thiophene rings is 1. The minimum absolute atomic E-state index is 0.265. The number of para-hydroxylation sites is 1. The molecule has 0 unspecified atom stereocenters. The lowest BCUT2D eigenvalue weighted by molar-refractivity contribution is 0.0527. The Morgan fingerprint density at radius 1 is 1.35 bits per heavy atom. The second-order valence-electron chi connectivity index (χ2n) is 5.26. The third-order valence-electron chi connectivity index (χ3n) is 3.84. The monoisotopic (exact) mass is 329 g/mol. The van der Waals surface area contributed by atoms with E-state index in [1.54, 1.807) is 24.7 Å². The molecule has 1 aliphatic rings. The highest BCUT2D eigenvalue weighted by atomic mass is 32.1. The molecule has 5 heteroatoms. The molecule has 1 aliphatic carbocycles. The first kappa shape index (κ1) is 15.7. The van der Waals surface area contributed by atoms with Crippen LogP contribution in [0, 0.1) is 0 Å². The number of methoxy groups -OCH3 is 1. The summed E-state index contributed by atoms with van der Waals surface area (Å²) in [5.41, 5.74) is 2.66. The van der Waals surface area contributed by atoms with E-state index >= 15 is 0 Å². The molecule has 2 aromatic rings. The van der Waals surface area contributed by atoms with Crippen molar-refractivity contribution in [2.24, 2.45) is 4.99 Å². The standard InChI is InChI=1S/C18H19NO3S/c1-3-22-18(20)16-13-8-6-10-15(13)23-17(16)19-11-12-7-4-5-9-14(12)21-2/h4-5,7,9,11H,3,6,8,10H2,1-2H3. The molecular formula is C18H19NO3S. The molecule has 23 heavy (non-hydrogen) atoms. The second-order valence-corrected chi connectivity index (χ2v) is 6.34. The molecule has 0 saturated carbocycles. The number of esters is 1. The van der Waals surface area contributed by atoms with Crippen molar-refractivity contribution >= 4 is 28.5 Å². The van der Waals surface area contributed by atoms with Crippen molar-refractivity contribution in [3.8, 4) is 5.75 Å². The van der Waals surface area contributed by atoms with E-state index in [0.717, 1.165) is 41.1 Å². The van der Waals surface area contributed by atoms with Crippen molar-refractivity contribution in [3.05, 3.63) is 45.8 Å². The maximum absolute atomic E-state index is 12.3. The first-order valence-corrected chi connectivity index (χ1v) is 8.55. The van der Waals surface area contributed by atoms with Gasteiger partial charge in [-0.2, -0.15) is 0 Å². The Kier molecular flexibility index (Phi) is 4.76. The Balaban J connectivity index is 1.97. The van der Waals surface area contributed by atoms with Gasteiger partial charge in [-0.15, -0.1) is 11.3 Å². The van der Waals surface area contributed by atoms with Gasteiger partial charge in [-0.1, -0.05) is 12.1 Å². The number of hydrogen-bond acceptors (Lipinski definition) is 5. The van der Waals surface area contributed by atoms with Gasteiger partial charge in [-0.25, -0.2) is 9.79 Å². The molecule has 3 rings (SSSR count). The van der Waals surface area contributed by atoms with Crippen molar-refractivity contribution in [2.75, 3.05) is 13.7 Å². The van der Waals surface area contributed by atoms with Crippen molar-refractivity contribution in [3.63, 3.8) is 0 Å². The van der Waals surface area contributed by atoms with Gasteiger partial charge in [0.2, 0.25) is 0 Å². The quantitative estimate of drug-likeness (QED) is 0.611. The lowest BCUT2D eigenvalue weighted by Crippen LogP contribution is -2.06. The molecule has 0 N–H and O–H groups in total. The molecule has 1 aromatic heterocycles. The summed E-state index contributed by atoms with van der Waals surface area (Å²) in [7, 11) is 1.64. The summed E-state index contributed by atoms with van der Waals surface area (Å²) in [6.07, 6.45) is 4.81. The van der Waals surface area contributed by atoms with E-state index in [-0.39, 0.29) is 5.97 Å². The molecule has 4 nitrogen and oxygen atoms in total. The predicted molar refractivity (Wildman–Crippen MR) is 92.5 cm³/mol. The molecule has 0 aliphatic heterocycles. The number of ether oxygens (including phenoxy) is 2. The fraction of sp³-hybridized carbons (Fsp3) is 0.333. The molecule has 1 heterocycles. The van der Waals surface area contributed by atoms with Gasteiger partial charge >= 0.3 is 5.97 Å². The molecular weight excluding hydrogens is 310 g/mol. The number of carbonyl (C=O) groups excluding carboxylic acids is 1. The number of carbonyl (C=O) groups is 1. The van der Waals surface area contributed by atoms with Crippen LogP contribution in [0.15, 0.2) is 29.3 Å². The largest absolute Gasteiger partial charge is 0.496 e. The van der Waals surface area contributed by atoms with Crippen molar-refractivity contribution < 1.29 is 14.3 Å². The van der Waals surface area contributed by atoms with E-state index in [1.807, 2.05) is 31.2 Å². The minimum Gasteiger partial charge on any atom is -0.496 e. The Bertz CT molecular complexity index is 749. The first-order chi connectivity index (χ1) is 11.2. The third-order valence-corrected chi connectivity index (χ3v) is 5.04. The van der Waals surface area contributed by atoms with Crippen LogP contribution in [0.3, 0.4) is 0 Å². The van der Waals surface area contributed by atoms with Crippen molar-refractivity contribution in [1.82, 2.24) is 0 Å². The zero-order chi connectivity index (χ0) is 16.2. The number of aliphatic imine (C=N–C) groups is 1. The van der Waals surface area contributed by atoms with Crippen molar-refractivity contribution in [2.45, 2.75) is 26.2 Å². The summed E-state index contributed by atoms with van der Waals surface area (Å²) in [6.45, 7) is 2.20. The lowest BCUT2D eigenvalue weighted by atomic mass is 10.1. The minimum atomic E-state index is -0.265. The van der Waals surface area contributed by atoms with E-state index in [2.05, 4.69) is 4.99 Å². The van der Waals surface area contributed by atoms with Crippen LogP contribution in [0.25, 0.3) is 0 Å². The number of nitrogens with zero attached hydrogens (tertiary/aromatic N) is 1. The summed E-state index contributed by atoms with van der Waals surface area (Å²) in [4.78, 5) is 18.1. The highest BCUT2D eigenvalue weighted by molar-refractivity contribution is 7.16. The highest BCUT2D eigenvalue weighted by Gasteiger charge is 2.27. The van der Waals surface area contributed by atoms with Gasteiger partial charge in [0.15, 0.2) is 0 Å². The van der Waals surface area contributed by atoms with Gasteiger partial charge in [-0.05, 0) is 43.9 Å². The zero-order valence-electron chi connectivity index (χ0n) is 13.3. The normalized spacial score (nSPS) is 13.3. The summed E-state index contributed by atoms with van der Waals surface area (Å²) >= 11 is 1.60. The molecule has 120 valence electrons. The number of aryl methyl sites for hydroxylation is 1. The van der Waals surface area contributed by atoms with Gasteiger partial charge < -0.3 is 9.47 Å². The van der Waals surface area contributed by atoms with E-state index in [0.29, 0.717) is 12.2 Å². The van der Waals surface area contributed by atoms with Gasteiger partial charge in [-0.3, -0.25) is 0 Å². The molecule has 0 atom stereocenters. The van der Waals surface area contributed by atoms with Gasteiger partial charge in [0, 0.05) is 16.7 Å². The van der Waals surface area contributed by atoms with E-state index in [1.165, 1.54) is 4.88 Å². The Morgan fingerprint density at radius 2 is 2.17 bits per heavy atom. The molecule has 0 spiro atoms. The van der Waals surface area contributed by atoms with Crippen LogP contribution >= 0.6 is 11.3 Å². The summed E-state index contributed by atoms with van der Waals surface area (Å²) in [6, 6.07) is 7.68. The number of rotatable bonds is 5. The van der Waals surface area contributed by atoms with Crippen LogP contribution in [0.1, 0.15) is 39.7 Å². The van der Waals surface area contributed by atoms with Gasteiger partial charge in [0.1, 0.15) is 10.8 Å². The molecule has 0 amide bonds. The predicted octanol–water partition coefficient (Wildman–Crippen LogP) is 4.17. The first-order valence-electron chi connectivity index (χ1n) is 7.73. The summed E-state index contributed by atoms with van der Waals surface area (Å²) < 4.78 is 10.6. The van der Waals surface area contributed by atoms with Crippen LogP contribution in [0.5, 0.6) is 5.75 Å². The van der Waals surface area contributed by atoms with Crippen LogP contribution in [-0.4, -0.2) is 25.9 Å². The lowest BCUT2D eigenvalue weighted by Gasteiger charge is -2.04. The second kappa shape index (κ2) is 6.96. The molecule has 1 aromatic carbocycles. The fourth-order valence-corrected chi connectivity index (χ4v) is 4.02. The van der Waals surface area contributed by atoms with Crippen LogP contribution in [-0.2, 0) is 17.6 Å². The average Bonchev–Trinajstić information content (AvgIpc) is 3.13. The third kappa shape index (κ3) is 3.15. The molecule has 0 bridgehead atoms. The van der Waals surface area contributed by atoms with Gasteiger partial charge in [0.25, 0.3) is 0 Å². The molecule has 0 radical (unpaired) electrons. The van der Waals surface area contributed by atoms with E-state index in [4.69, 9.17) is 9.47 Å². The van der Waals surface area contributed by atoms with Crippen LogP contribution < -0.4 is 4.74 Å².